The van der Waals surface area contributed by atoms with Crippen LogP contribution in [-0.2, 0) is 71.6 Å². The minimum absolute atomic E-state index is 0.106. The van der Waals surface area contributed by atoms with Gasteiger partial charge in [-0.3, -0.25) is 9.36 Å². The van der Waals surface area contributed by atoms with E-state index in [1.165, 1.54) is 0 Å². The molecule has 0 spiro atoms. The lowest BCUT2D eigenvalue weighted by molar-refractivity contribution is 0.0450. The van der Waals surface area contributed by atoms with Gasteiger partial charge in [0.05, 0.1) is 58.4 Å². The standard InChI is InChI=1S/C60H72N12O8/c1-5-9-13-17-29-69-35-41(63-67-69)37-77-57(73)49-25-21-45-48-24-28-52(60(76)80-40-44-34-62-66-72(44)32-20-16-12-8-4)56-50(58(74)78-38-42-36-70(68-64-42)30-18-14-10-6-2)26-22-46(54(48)56)47-23-27-51(55(49)53(45)47)59(75)79-39-43-33-61-65-71(43)31-19-15-11-7-3/h21-28,33-36H,5-20,29-32,37-40H2,1-4H3. The van der Waals surface area contributed by atoms with E-state index >= 15 is 0 Å². The summed E-state index contributed by atoms with van der Waals surface area (Å²) in [6.45, 7) is 10.8. The Labute approximate surface area is 464 Å². The second-order valence-electron chi connectivity index (χ2n) is 20.5. The fraction of sp³-hybridized carbons (Fsp3) is 0.467. The number of hydrogen-bond donors (Lipinski definition) is 0. The largest absolute Gasteiger partial charge is 0.456 e. The summed E-state index contributed by atoms with van der Waals surface area (Å²) in [6, 6.07) is 13.7. The van der Waals surface area contributed by atoms with Gasteiger partial charge in [-0.1, -0.05) is 150 Å². The van der Waals surface area contributed by atoms with Crippen molar-refractivity contribution in [1.29, 1.82) is 0 Å². The molecule has 0 atom stereocenters. The summed E-state index contributed by atoms with van der Waals surface area (Å²) >= 11 is 0. The van der Waals surface area contributed by atoms with Gasteiger partial charge in [0.25, 0.3) is 0 Å². The maximum atomic E-state index is 14.6. The molecule has 0 N–H and O–H groups in total. The van der Waals surface area contributed by atoms with Crippen LogP contribution >= 0.6 is 0 Å². The summed E-state index contributed by atoms with van der Waals surface area (Å²) in [4.78, 5) is 58.2. The number of rotatable bonds is 32. The van der Waals surface area contributed by atoms with Gasteiger partial charge in [0.2, 0.25) is 0 Å². The molecule has 0 amide bonds. The second-order valence-corrected chi connectivity index (χ2v) is 20.5. The normalized spacial score (nSPS) is 11.7. The van der Waals surface area contributed by atoms with E-state index in [-0.39, 0.29) is 48.7 Å². The smallest absolute Gasteiger partial charge is 0.339 e. The quantitative estimate of drug-likeness (QED) is 0.0125. The number of unbranched alkanes of at least 4 members (excludes halogenated alkanes) is 12. The molecule has 0 fully saturated rings. The van der Waals surface area contributed by atoms with Crippen LogP contribution in [0.15, 0.2) is 73.3 Å². The van der Waals surface area contributed by atoms with Gasteiger partial charge in [0.1, 0.15) is 37.8 Å². The first kappa shape index (κ1) is 56.6. The average molecular weight is 1090 g/mol. The Morgan fingerprint density at radius 2 is 0.700 bits per heavy atom. The Hall–Kier alpha value is -8.16. The maximum Gasteiger partial charge on any atom is 0.339 e. The summed E-state index contributed by atoms with van der Waals surface area (Å²) in [7, 11) is 0. The number of ether oxygens (including phenoxy) is 4. The monoisotopic (exact) mass is 1090 g/mol. The van der Waals surface area contributed by atoms with Gasteiger partial charge >= 0.3 is 23.9 Å². The molecule has 0 aliphatic heterocycles. The van der Waals surface area contributed by atoms with E-state index in [1.54, 1.807) is 92.0 Å². The van der Waals surface area contributed by atoms with E-state index in [4.69, 9.17) is 18.9 Å². The molecule has 0 aliphatic rings. The molecule has 4 aromatic heterocycles. The Kier molecular flexibility index (Phi) is 19.5. The number of aromatic nitrogens is 12. The number of carbonyl (C=O) groups excluding carboxylic acids is 4. The maximum absolute atomic E-state index is 14.6. The van der Waals surface area contributed by atoms with Crippen molar-refractivity contribution in [3.05, 3.63) is 118 Å². The van der Waals surface area contributed by atoms with Gasteiger partial charge in [-0.05, 0) is 82.3 Å². The van der Waals surface area contributed by atoms with E-state index in [0.717, 1.165) is 103 Å². The van der Waals surface area contributed by atoms with Gasteiger partial charge in [0.15, 0.2) is 0 Å². The number of carbonyl (C=O) groups is 4. The molecule has 420 valence electrons. The molecular formula is C60H72N12O8. The summed E-state index contributed by atoms with van der Waals surface area (Å²) in [5.74, 6) is -2.71. The highest BCUT2D eigenvalue weighted by Gasteiger charge is 2.28. The number of hydrogen-bond acceptors (Lipinski definition) is 16. The fourth-order valence-corrected chi connectivity index (χ4v) is 10.4. The predicted octanol–water partition coefficient (Wildman–Crippen LogP) is 11.9. The molecule has 0 bridgehead atoms. The van der Waals surface area contributed by atoms with Crippen LogP contribution in [0.25, 0.3) is 43.1 Å². The Bertz CT molecular complexity index is 3290. The van der Waals surface area contributed by atoms with Crippen molar-refractivity contribution in [1.82, 2.24) is 60.0 Å². The van der Waals surface area contributed by atoms with E-state index in [0.29, 0.717) is 92.0 Å². The molecule has 20 heteroatoms. The molecule has 9 aromatic rings. The number of aryl methyl sites for hydroxylation is 4. The zero-order valence-electron chi connectivity index (χ0n) is 46.5. The van der Waals surface area contributed by atoms with Gasteiger partial charge in [-0.25, -0.2) is 28.5 Å². The highest BCUT2D eigenvalue weighted by atomic mass is 16.5. The van der Waals surface area contributed by atoms with Crippen LogP contribution in [0.3, 0.4) is 0 Å². The highest BCUT2D eigenvalue weighted by Crippen LogP contribution is 2.45. The first-order chi connectivity index (χ1) is 39.2. The van der Waals surface area contributed by atoms with Crippen LogP contribution in [-0.4, -0.2) is 83.9 Å². The third-order valence-electron chi connectivity index (χ3n) is 14.7. The Balaban J connectivity index is 1.11. The summed E-state index contributed by atoms with van der Waals surface area (Å²) in [5, 5.41) is 38.1. The first-order valence-electron chi connectivity index (χ1n) is 28.6. The first-order valence-corrected chi connectivity index (χ1v) is 28.6. The van der Waals surface area contributed by atoms with Crippen molar-refractivity contribution in [2.75, 3.05) is 0 Å². The van der Waals surface area contributed by atoms with Gasteiger partial charge in [0, 0.05) is 37.0 Å². The SMILES string of the molecule is CCCCCCn1cc(COC(=O)c2ccc3c4ccc(C(=O)OCc5cnnn5CCCCCC)c5c(C(=O)OCc6cn(CCCCCC)nn6)ccc(c6ccc(C(=O)OCc7cnnn7CCCCCC)c2c36)c54)nn1. The van der Waals surface area contributed by atoms with Crippen molar-refractivity contribution in [3.63, 3.8) is 0 Å². The molecule has 0 saturated heterocycles. The molecule has 0 saturated carbocycles. The lowest BCUT2D eigenvalue weighted by Gasteiger charge is -2.20. The van der Waals surface area contributed by atoms with Crippen LogP contribution in [0.1, 0.15) is 195 Å². The van der Waals surface area contributed by atoms with Crippen molar-refractivity contribution in [3.8, 4) is 0 Å². The third kappa shape index (κ3) is 13.3. The molecule has 0 unspecified atom stereocenters. The van der Waals surface area contributed by atoms with Crippen molar-refractivity contribution >= 4 is 67.0 Å². The minimum Gasteiger partial charge on any atom is -0.456 e. The Morgan fingerprint density at radius 3 is 1.04 bits per heavy atom. The van der Waals surface area contributed by atoms with Gasteiger partial charge < -0.3 is 18.9 Å². The molecule has 9 rings (SSSR count). The lowest BCUT2D eigenvalue weighted by Crippen LogP contribution is -2.14. The zero-order valence-corrected chi connectivity index (χ0v) is 46.5. The van der Waals surface area contributed by atoms with Crippen LogP contribution in [0.2, 0.25) is 0 Å². The molecular weight excluding hydrogens is 1020 g/mol. The second kappa shape index (κ2) is 27.6. The van der Waals surface area contributed by atoms with Crippen LogP contribution in [0, 0.1) is 0 Å². The third-order valence-corrected chi connectivity index (χ3v) is 14.7. The highest BCUT2D eigenvalue weighted by molar-refractivity contribution is 6.38. The number of fused-ring (bicyclic) bond motifs is 2. The van der Waals surface area contributed by atoms with Crippen molar-refractivity contribution < 1.29 is 38.1 Å². The lowest BCUT2D eigenvalue weighted by atomic mass is 9.84. The molecule has 5 aromatic carbocycles. The summed E-state index contributed by atoms with van der Waals surface area (Å²) < 4.78 is 31.0. The number of esters is 4. The molecule has 20 nitrogen and oxygen atoms in total. The Morgan fingerprint density at radius 1 is 0.375 bits per heavy atom. The van der Waals surface area contributed by atoms with E-state index in [9.17, 15) is 19.2 Å². The fourth-order valence-electron chi connectivity index (χ4n) is 10.4. The van der Waals surface area contributed by atoms with Crippen LogP contribution < -0.4 is 0 Å². The number of benzene rings is 5. The predicted molar refractivity (Wildman–Crippen MR) is 301 cm³/mol. The molecule has 0 aliphatic carbocycles. The minimum atomic E-state index is -0.684. The summed E-state index contributed by atoms with van der Waals surface area (Å²) in [5.41, 5.74) is 2.75. The molecule has 80 heavy (non-hydrogen) atoms. The van der Waals surface area contributed by atoms with E-state index in [1.807, 2.05) is 0 Å². The van der Waals surface area contributed by atoms with Gasteiger partial charge in [-0.2, -0.15) is 0 Å². The topological polar surface area (TPSA) is 228 Å². The zero-order chi connectivity index (χ0) is 55.8. The van der Waals surface area contributed by atoms with Crippen LogP contribution in [0.4, 0.5) is 0 Å². The van der Waals surface area contributed by atoms with Crippen LogP contribution in [0.5, 0.6) is 0 Å². The molecule has 0 radical (unpaired) electrons. The van der Waals surface area contributed by atoms with E-state index < -0.39 is 23.9 Å². The van der Waals surface area contributed by atoms with Crippen molar-refractivity contribution in [2.24, 2.45) is 0 Å². The van der Waals surface area contributed by atoms with Crippen molar-refractivity contribution in [2.45, 2.75) is 183 Å². The number of nitrogens with zero attached hydrogens (tertiary/aromatic N) is 12. The van der Waals surface area contributed by atoms with Gasteiger partial charge in [-0.15, -0.1) is 20.4 Å². The average Bonchev–Trinajstić information content (AvgIpc) is 4.41. The molecule has 4 heterocycles. The van der Waals surface area contributed by atoms with E-state index in [2.05, 4.69) is 68.9 Å². The summed E-state index contributed by atoms with van der Waals surface area (Å²) in [6.07, 6.45) is 23.6.